The van der Waals surface area contributed by atoms with Crippen LogP contribution in [0.3, 0.4) is 0 Å². The van der Waals surface area contributed by atoms with Crippen LogP contribution in [0.15, 0.2) is 11.6 Å². The van der Waals surface area contributed by atoms with Crippen molar-refractivity contribution in [3.8, 4) is 0 Å². The minimum absolute atomic E-state index is 0.319. The summed E-state index contributed by atoms with van der Waals surface area (Å²) in [4.78, 5) is 23.9. The third-order valence-corrected chi connectivity index (χ3v) is 2.69. The lowest BCUT2D eigenvalue weighted by molar-refractivity contribution is -0.150. The number of carbonyl (C=O) groups excluding carboxylic acids is 1. The maximum absolute atomic E-state index is 11.7. The predicted molar refractivity (Wildman–Crippen MR) is 58.0 cm³/mol. The molecule has 0 spiro atoms. The van der Waals surface area contributed by atoms with E-state index in [1.165, 1.54) is 6.92 Å². The highest BCUT2D eigenvalue weighted by Crippen LogP contribution is 2.13. The molecule has 1 N–H and O–H groups in total. The fourth-order valence-corrected chi connectivity index (χ4v) is 1.61. The number of aliphatic carboxylic acids is 1. The summed E-state index contributed by atoms with van der Waals surface area (Å²) in [6.45, 7) is 3.05. The number of methoxy groups -OCH3 is 1. The molecule has 16 heavy (non-hydrogen) atoms. The van der Waals surface area contributed by atoms with Gasteiger partial charge in [-0.3, -0.25) is 9.59 Å². The smallest absolute Gasteiger partial charge is 0.315 e. The Labute approximate surface area is 94.7 Å². The van der Waals surface area contributed by atoms with Gasteiger partial charge in [-0.25, -0.2) is 0 Å². The summed E-state index contributed by atoms with van der Waals surface area (Å²) in [5, 5.41) is 8.74. The van der Waals surface area contributed by atoms with E-state index in [1.54, 1.807) is 12.0 Å². The Balaban J connectivity index is 2.53. The van der Waals surface area contributed by atoms with Crippen LogP contribution in [0.4, 0.5) is 0 Å². The number of carbonyl (C=O) groups is 2. The lowest BCUT2D eigenvalue weighted by Gasteiger charge is -2.27. The molecule has 1 rings (SSSR count). The number of carboxylic acids is 1. The minimum Gasteiger partial charge on any atom is -0.481 e. The second kappa shape index (κ2) is 5.65. The van der Waals surface area contributed by atoms with Gasteiger partial charge < -0.3 is 14.7 Å². The summed E-state index contributed by atoms with van der Waals surface area (Å²) >= 11 is 0. The highest BCUT2D eigenvalue weighted by atomic mass is 16.5. The first-order valence-electron chi connectivity index (χ1n) is 5.24. The fourth-order valence-electron chi connectivity index (χ4n) is 1.61. The average Bonchev–Trinajstić information content (AvgIpc) is 2.28. The van der Waals surface area contributed by atoms with Crippen LogP contribution in [0, 0.1) is 5.92 Å². The second-order valence-corrected chi connectivity index (χ2v) is 3.89. The Kier molecular flexibility index (Phi) is 4.49. The SMILES string of the molecule is COCC1=CCN(C(=O)C(C)C(=O)O)CC1. The van der Waals surface area contributed by atoms with Crippen molar-refractivity contribution in [1.29, 1.82) is 0 Å². The van der Waals surface area contributed by atoms with E-state index in [0.29, 0.717) is 19.7 Å². The summed E-state index contributed by atoms with van der Waals surface area (Å²) in [6, 6.07) is 0. The molecule has 0 aromatic carbocycles. The summed E-state index contributed by atoms with van der Waals surface area (Å²) in [5.41, 5.74) is 1.16. The molecule has 5 nitrogen and oxygen atoms in total. The van der Waals surface area contributed by atoms with Crippen LogP contribution in [0.25, 0.3) is 0 Å². The van der Waals surface area contributed by atoms with E-state index in [9.17, 15) is 9.59 Å². The van der Waals surface area contributed by atoms with Crippen molar-refractivity contribution in [2.24, 2.45) is 5.92 Å². The fraction of sp³-hybridized carbons (Fsp3) is 0.636. The second-order valence-electron chi connectivity index (χ2n) is 3.89. The van der Waals surface area contributed by atoms with Crippen LogP contribution >= 0.6 is 0 Å². The van der Waals surface area contributed by atoms with Crippen molar-refractivity contribution in [2.75, 3.05) is 26.8 Å². The number of hydrogen-bond acceptors (Lipinski definition) is 3. The van der Waals surface area contributed by atoms with Crippen molar-refractivity contribution in [3.63, 3.8) is 0 Å². The van der Waals surface area contributed by atoms with E-state index in [0.717, 1.165) is 12.0 Å². The summed E-state index contributed by atoms with van der Waals surface area (Å²) in [6.07, 6.45) is 2.69. The van der Waals surface area contributed by atoms with Crippen molar-refractivity contribution in [3.05, 3.63) is 11.6 Å². The highest BCUT2D eigenvalue weighted by Gasteiger charge is 2.26. The van der Waals surface area contributed by atoms with Gasteiger partial charge in [-0.2, -0.15) is 0 Å². The Morgan fingerprint density at radius 3 is 2.75 bits per heavy atom. The van der Waals surface area contributed by atoms with Crippen LogP contribution < -0.4 is 0 Å². The molecule has 0 saturated carbocycles. The number of rotatable bonds is 4. The normalized spacial score (nSPS) is 17.9. The predicted octanol–water partition coefficient (Wildman–Crippen LogP) is 0.512. The molecule has 0 fully saturated rings. The quantitative estimate of drug-likeness (QED) is 0.561. The summed E-state index contributed by atoms with van der Waals surface area (Å²) in [7, 11) is 1.63. The van der Waals surface area contributed by atoms with Gasteiger partial charge in [0, 0.05) is 20.2 Å². The molecule has 0 radical (unpaired) electrons. The first-order chi connectivity index (χ1) is 7.56. The highest BCUT2D eigenvalue weighted by molar-refractivity contribution is 5.96. The lowest BCUT2D eigenvalue weighted by atomic mass is 10.1. The molecule has 5 heteroatoms. The maximum atomic E-state index is 11.7. The van der Waals surface area contributed by atoms with E-state index in [4.69, 9.17) is 9.84 Å². The van der Waals surface area contributed by atoms with Gasteiger partial charge in [0.2, 0.25) is 5.91 Å². The van der Waals surface area contributed by atoms with Gasteiger partial charge >= 0.3 is 5.97 Å². The number of hydrogen-bond donors (Lipinski definition) is 1. The summed E-state index contributed by atoms with van der Waals surface area (Å²) in [5.74, 6) is -2.35. The standard InChI is InChI=1S/C11H17NO4/c1-8(11(14)15)10(13)12-5-3-9(4-6-12)7-16-2/h3,8H,4-7H2,1-2H3,(H,14,15). The molecule has 1 aliphatic heterocycles. The average molecular weight is 227 g/mol. The number of nitrogens with zero attached hydrogens (tertiary/aromatic N) is 1. The molecular formula is C11H17NO4. The van der Waals surface area contributed by atoms with E-state index < -0.39 is 11.9 Å². The molecule has 1 atom stereocenters. The topological polar surface area (TPSA) is 66.8 Å². The van der Waals surface area contributed by atoms with Crippen LogP contribution in [0.1, 0.15) is 13.3 Å². The van der Waals surface area contributed by atoms with Crippen molar-refractivity contribution in [1.82, 2.24) is 4.90 Å². The van der Waals surface area contributed by atoms with E-state index >= 15 is 0 Å². The van der Waals surface area contributed by atoms with Gasteiger partial charge in [0.25, 0.3) is 0 Å². The van der Waals surface area contributed by atoms with Gasteiger partial charge in [0.15, 0.2) is 0 Å². The first-order valence-corrected chi connectivity index (χ1v) is 5.24. The molecule has 1 unspecified atom stereocenters. The van der Waals surface area contributed by atoms with Crippen molar-refractivity contribution < 1.29 is 19.4 Å². The van der Waals surface area contributed by atoms with Crippen LogP contribution in [0.2, 0.25) is 0 Å². The van der Waals surface area contributed by atoms with Gasteiger partial charge in [-0.05, 0) is 18.9 Å². The van der Waals surface area contributed by atoms with Crippen LogP contribution in [0.5, 0.6) is 0 Å². The molecule has 0 aliphatic carbocycles. The third kappa shape index (κ3) is 3.06. The zero-order valence-corrected chi connectivity index (χ0v) is 9.60. The zero-order chi connectivity index (χ0) is 12.1. The molecule has 0 aromatic heterocycles. The zero-order valence-electron chi connectivity index (χ0n) is 9.60. The first kappa shape index (κ1) is 12.7. The third-order valence-electron chi connectivity index (χ3n) is 2.69. The Morgan fingerprint density at radius 2 is 2.31 bits per heavy atom. The Hall–Kier alpha value is -1.36. The van der Waals surface area contributed by atoms with Gasteiger partial charge in [-0.15, -0.1) is 0 Å². The molecule has 0 bridgehead atoms. The molecule has 1 amide bonds. The number of ether oxygens (including phenoxy) is 1. The molecule has 0 saturated heterocycles. The van der Waals surface area contributed by atoms with E-state index in [2.05, 4.69) is 0 Å². The van der Waals surface area contributed by atoms with Gasteiger partial charge in [0.1, 0.15) is 5.92 Å². The summed E-state index contributed by atoms with van der Waals surface area (Å²) < 4.78 is 5.00. The molecule has 90 valence electrons. The Bertz CT molecular complexity index is 311. The molecule has 1 heterocycles. The number of carboxylic acid groups (broad SMARTS) is 1. The molecule has 1 aliphatic rings. The molecule has 0 aromatic rings. The van der Waals surface area contributed by atoms with Crippen molar-refractivity contribution in [2.45, 2.75) is 13.3 Å². The maximum Gasteiger partial charge on any atom is 0.315 e. The van der Waals surface area contributed by atoms with Crippen molar-refractivity contribution >= 4 is 11.9 Å². The van der Waals surface area contributed by atoms with Crippen LogP contribution in [-0.4, -0.2) is 48.7 Å². The lowest BCUT2D eigenvalue weighted by Crippen LogP contribution is -2.40. The van der Waals surface area contributed by atoms with E-state index in [1.807, 2.05) is 6.08 Å². The molecular weight excluding hydrogens is 210 g/mol. The van der Waals surface area contributed by atoms with E-state index in [-0.39, 0.29) is 5.91 Å². The van der Waals surface area contributed by atoms with Gasteiger partial charge in [0.05, 0.1) is 6.61 Å². The Morgan fingerprint density at radius 1 is 1.62 bits per heavy atom. The van der Waals surface area contributed by atoms with Gasteiger partial charge in [-0.1, -0.05) is 6.08 Å². The minimum atomic E-state index is -1.07. The largest absolute Gasteiger partial charge is 0.481 e. The monoisotopic (exact) mass is 227 g/mol. The number of amides is 1. The van der Waals surface area contributed by atoms with Crippen LogP contribution in [-0.2, 0) is 14.3 Å².